The minimum atomic E-state index is 0.0176. The molecule has 0 saturated heterocycles. The van der Waals surface area contributed by atoms with Crippen LogP contribution in [0.15, 0.2) is 46.6 Å². The summed E-state index contributed by atoms with van der Waals surface area (Å²) >= 11 is 1.54. The molecular formula is C22H22N4OS. The maximum Gasteiger partial charge on any atom is 0.137 e. The van der Waals surface area contributed by atoms with Crippen LogP contribution in [-0.2, 0) is 12.8 Å². The predicted molar refractivity (Wildman–Crippen MR) is 114 cm³/mol. The van der Waals surface area contributed by atoms with Crippen LogP contribution in [0.5, 0.6) is 5.75 Å². The van der Waals surface area contributed by atoms with E-state index in [0.29, 0.717) is 11.3 Å². The van der Waals surface area contributed by atoms with Crippen molar-refractivity contribution in [2.45, 2.75) is 45.6 Å². The number of nitrogens with one attached hydrogen (secondary N) is 1. The van der Waals surface area contributed by atoms with Crippen LogP contribution in [0.25, 0.3) is 0 Å². The Kier molecular flexibility index (Phi) is 5.36. The Morgan fingerprint density at radius 2 is 1.93 bits per heavy atom. The predicted octanol–water partition coefficient (Wildman–Crippen LogP) is 4.58. The third-order valence-corrected chi connectivity index (χ3v) is 5.86. The van der Waals surface area contributed by atoms with Gasteiger partial charge < -0.3 is 4.74 Å². The Labute approximate surface area is 169 Å². The summed E-state index contributed by atoms with van der Waals surface area (Å²) in [6.07, 6.45) is 4.72. The minimum absolute atomic E-state index is 0.0176. The molecule has 28 heavy (non-hydrogen) atoms. The van der Waals surface area contributed by atoms with E-state index in [1.165, 1.54) is 41.3 Å². The van der Waals surface area contributed by atoms with E-state index in [4.69, 9.17) is 4.74 Å². The summed E-state index contributed by atoms with van der Waals surface area (Å²) in [6.45, 7) is 3.90. The Hall–Kier alpha value is -2.78. The molecule has 0 bridgehead atoms. The van der Waals surface area contributed by atoms with E-state index in [1.54, 1.807) is 0 Å². The average molecular weight is 391 g/mol. The van der Waals surface area contributed by atoms with Crippen molar-refractivity contribution in [2.24, 2.45) is 10.2 Å². The van der Waals surface area contributed by atoms with Gasteiger partial charge in [-0.05, 0) is 80.6 Å². The molecule has 0 aromatic heterocycles. The largest absolute Gasteiger partial charge is 0.490 e. The number of ether oxygens (including phenoxy) is 1. The zero-order chi connectivity index (χ0) is 19.5. The minimum Gasteiger partial charge on any atom is -0.490 e. The van der Waals surface area contributed by atoms with Gasteiger partial charge in [0, 0.05) is 11.1 Å². The van der Waals surface area contributed by atoms with E-state index >= 15 is 0 Å². The first-order valence-electron chi connectivity index (χ1n) is 9.56. The molecule has 142 valence electrons. The molecule has 1 aliphatic carbocycles. The summed E-state index contributed by atoms with van der Waals surface area (Å²) in [4.78, 5) is 0. The van der Waals surface area contributed by atoms with Crippen LogP contribution in [-0.4, -0.2) is 16.2 Å². The molecule has 5 nitrogen and oxygen atoms in total. The van der Waals surface area contributed by atoms with Gasteiger partial charge in [-0.25, -0.2) is 0 Å². The standard InChI is InChI=1S/C22H22N4OS/c1-14(2)27-20-11-10-16(12-17(20)13-23)21-24-26-25-22(28-21)19-9-5-7-15-6-3-4-8-18(15)19/h5,7,9-12,14,26H,3-4,6,8H2,1-2H3. The number of nitriles is 1. The van der Waals surface area contributed by atoms with Crippen LogP contribution >= 0.6 is 11.8 Å². The Balaban J connectivity index is 1.61. The summed E-state index contributed by atoms with van der Waals surface area (Å²) in [5.74, 6) is 0.599. The first-order valence-corrected chi connectivity index (χ1v) is 10.4. The molecule has 1 N–H and O–H groups in total. The van der Waals surface area contributed by atoms with Gasteiger partial charge in [-0.3, -0.25) is 0 Å². The number of hydrazone groups is 2. The molecule has 6 heteroatoms. The summed E-state index contributed by atoms with van der Waals surface area (Å²) in [5.41, 5.74) is 8.22. The molecule has 0 atom stereocenters. The molecule has 0 fully saturated rings. The van der Waals surface area contributed by atoms with Crippen molar-refractivity contribution in [3.05, 3.63) is 64.2 Å². The van der Waals surface area contributed by atoms with E-state index < -0.39 is 0 Å². The summed E-state index contributed by atoms with van der Waals surface area (Å²) in [5, 5.41) is 20.0. The molecule has 2 aromatic rings. The second-order valence-electron chi connectivity index (χ2n) is 7.18. The second-order valence-corrected chi connectivity index (χ2v) is 8.15. The van der Waals surface area contributed by atoms with Crippen molar-refractivity contribution in [3.8, 4) is 11.8 Å². The Morgan fingerprint density at radius 1 is 1.11 bits per heavy atom. The number of hydrogen-bond donors (Lipinski definition) is 1. The maximum absolute atomic E-state index is 9.50. The molecule has 1 aliphatic heterocycles. The zero-order valence-corrected chi connectivity index (χ0v) is 16.8. The van der Waals surface area contributed by atoms with Crippen LogP contribution in [0.2, 0.25) is 0 Å². The third kappa shape index (κ3) is 3.76. The molecule has 0 amide bonds. The lowest BCUT2D eigenvalue weighted by Gasteiger charge is -2.21. The van der Waals surface area contributed by atoms with Gasteiger partial charge in [0.2, 0.25) is 0 Å². The van der Waals surface area contributed by atoms with Crippen LogP contribution in [0.1, 0.15) is 54.5 Å². The van der Waals surface area contributed by atoms with Gasteiger partial charge >= 0.3 is 0 Å². The van der Waals surface area contributed by atoms with Gasteiger partial charge in [-0.2, -0.15) is 21.0 Å². The lowest BCUT2D eigenvalue weighted by molar-refractivity contribution is 0.241. The maximum atomic E-state index is 9.50. The lowest BCUT2D eigenvalue weighted by atomic mass is 9.88. The summed E-state index contributed by atoms with van der Waals surface area (Å²) < 4.78 is 5.72. The first-order chi connectivity index (χ1) is 13.7. The highest BCUT2D eigenvalue weighted by Gasteiger charge is 2.21. The quantitative estimate of drug-likeness (QED) is 0.829. The first kappa shape index (κ1) is 18.6. The van der Waals surface area contributed by atoms with Crippen molar-refractivity contribution >= 4 is 21.8 Å². The molecule has 2 aliphatic rings. The summed E-state index contributed by atoms with van der Waals surface area (Å²) in [6, 6.07) is 14.3. The van der Waals surface area contributed by atoms with Crippen molar-refractivity contribution < 1.29 is 4.74 Å². The van der Waals surface area contributed by atoms with E-state index in [2.05, 4.69) is 40.0 Å². The van der Waals surface area contributed by atoms with E-state index in [-0.39, 0.29) is 6.10 Å². The van der Waals surface area contributed by atoms with E-state index in [0.717, 1.165) is 28.5 Å². The van der Waals surface area contributed by atoms with E-state index in [9.17, 15) is 5.26 Å². The highest BCUT2D eigenvalue weighted by molar-refractivity contribution is 8.27. The average Bonchev–Trinajstić information content (AvgIpc) is 2.73. The highest BCUT2D eigenvalue weighted by Crippen LogP contribution is 2.31. The van der Waals surface area contributed by atoms with E-state index in [1.807, 2.05) is 32.0 Å². The summed E-state index contributed by atoms with van der Waals surface area (Å²) in [7, 11) is 0. The molecular weight excluding hydrogens is 368 g/mol. The van der Waals surface area contributed by atoms with Crippen LogP contribution in [0.4, 0.5) is 0 Å². The second kappa shape index (κ2) is 8.07. The fourth-order valence-electron chi connectivity index (χ4n) is 3.58. The number of fused-ring (bicyclic) bond motifs is 1. The molecule has 1 heterocycles. The number of hydrogen-bond acceptors (Lipinski definition) is 6. The van der Waals surface area contributed by atoms with Crippen LogP contribution in [0.3, 0.4) is 0 Å². The normalized spacial score (nSPS) is 15.8. The lowest BCUT2D eigenvalue weighted by Crippen LogP contribution is -2.18. The molecule has 0 spiro atoms. The number of nitrogens with zero attached hydrogens (tertiary/aromatic N) is 3. The van der Waals surface area contributed by atoms with Gasteiger partial charge in [0.05, 0.1) is 11.7 Å². The topological polar surface area (TPSA) is 69.8 Å². The molecule has 0 saturated carbocycles. The van der Waals surface area contributed by atoms with Gasteiger partial charge in [0.15, 0.2) is 0 Å². The number of benzene rings is 2. The Bertz CT molecular complexity index is 1000. The van der Waals surface area contributed by atoms with Crippen molar-refractivity contribution in [2.75, 3.05) is 0 Å². The Morgan fingerprint density at radius 3 is 2.75 bits per heavy atom. The fourth-order valence-corrected chi connectivity index (χ4v) is 4.48. The van der Waals surface area contributed by atoms with Crippen LogP contribution in [0, 0.1) is 11.3 Å². The molecule has 4 rings (SSSR count). The molecule has 2 aromatic carbocycles. The monoisotopic (exact) mass is 390 g/mol. The molecule has 0 radical (unpaired) electrons. The highest BCUT2D eigenvalue weighted by atomic mass is 32.2. The SMILES string of the molecule is CC(C)Oc1ccc(C2=NNN=C(c3cccc4c3CCCC4)S2)cc1C#N. The smallest absolute Gasteiger partial charge is 0.137 e. The third-order valence-electron chi connectivity index (χ3n) is 4.83. The number of aryl methyl sites for hydroxylation is 1. The zero-order valence-electron chi connectivity index (χ0n) is 16.0. The van der Waals surface area contributed by atoms with Gasteiger partial charge in [0.1, 0.15) is 21.9 Å². The van der Waals surface area contributed by atoms with Gasteiger partial charge in [-0.1, -0.05) is 18.2 Å². The van der Waals surface area contributed by atoms with Crippen LogP contribution < -0.4 is 10.3 Å². The van der Waals surface area contributed by atoms with Crippen molar-refractivity contribution in [3.63, 3.8) is 0 Å². The van der Waals surface area contributed by atoms with Gasteiger partial charge in [0.25, 0.3) is 0 Å². The fraction of sp³-hybridized carbons (Fsp3) is 0.318. The molecule has 0 unspecified atom stereocenters. The number of rotatable bonds is 4. The van der Waals surface area contributed by atoms with Crippen molar-refractivity contribution in [1.82, 2.24) is 5.53 Å². The van der Waals surface area contributed by atoms with Crippen molar-refractivity contribution in [1.29, 1.82) is 5.26 Å². The number of thioether (sulfide) groups is 1. The van der Waals surface area contributed by atoms with Gasteiger partial charge in [-0.15, -0.1) is 0 Å².